The molecule has 0 saturated carbocycles. The number of aryl methyl sites for hydroxylation is 1. The molecule has 2 rings (SSSR count). The predicted molar refractivity (Wildman–Crippen MR) is 74.1 cm³/mol. The highest BCUT2D eigenvalue weighted by molar-refractivity contribution is 5.64. The summed E-state index contributed by atoms with van der Waals surface area (Å²) >= 11 is 0. The molecule has 0 bridgehead atoms. The highest BCUT2D eigenvalue weighted by Crippen LogP contribution is 2.25. The molecule has 2 N–H and O–H groups in total. The molecule has 0 unspecified atom stereocenters. The third-order valence-corrected chi connectivity index (χ3v) is 2.62. The van der Waals surface area contributed by atoms with Crippen molar-refractivity contribution in [3.8, 4) is 17.0 Å². The van der Waals surface area contributed by atoms with Gasteiger partial charge in [-0.15, -0.1) is 0 Å². The molecule has 0 aliphatic rings. The van der Waals surface area contributed by atoms with Gasteiger partial charge < -0.3 is 15.0 Å². The fourth-order valence-corrected chi connectivity index (χ4v) is 1.82. The number of hydrogen-bond donors (Lipinski definition) is 2. The minimum Gasteiger partial charge on any atom is -0.491 e. The number of imidazole rings is 1. The summed E-state index contributed by atoms with van der Waals surface area (Å²) in [6.07, 6.45) is 0.193. The summed E-state index contributed by atoms with van der Waals surface area (Å²) in [5.41, 5.74) is 3.11. The maximum absolute atomic E-state index is 5.62. The van der Waals surface area contributed by atoms with E-state index in [4.69, 9.17) is 4.74 Å². The Morgan fingerprint density at radius 3 is 2.39 bits per heavy atom. The van der Waals surface area contributed by atoms with Crippen molar-refractivity contribution < 1.29 is 4.74 Å². The SMILES string of the molecule is CNc1nc(-c2ccc(OC(C)C)cc2)c(C)[nH]1. The molecule has 0 radical (unpaired) electrons. The number of nitrogens with zero attached hydrogens (tertiary/aromatic N) is 1. The van der Waals surface area contributed by atoms with E-state index in [1.807, 2.05) is 52.1 Å². The standard InChI is InChI=1S/C14H19N3O/c1-9(2)18-12-7-5-11(6-8-12)13-10(3)16-14(15-4)17-13/h5-9H,1-4H3,(H2,15,16,17). The van der Waals surface area contributed by atoms with Crippen LogP contribution in [0.3, 0.4) is 0 Å². The van der Waals surface area contributed by atoms with Crippen molar-refractivity contribution in [2.75, 3.05) is 12.4 Å². The Morgan fingerprint density at radius 2 is 1.89 bits per heavy atom. The zero-order valence-electron chi connectivity index (χ0n) is 11.2. The molecule has 0 aliphatic heterocycles. The van der Waals surface area contributed by atoms with Crippen molar-refractivity contribution in [2.45, 2.75) is 26.9 Å². The Hall–Kier alpha value is -1.97. The van der Waals surface area contributed by atoms with Gasteiger partial charge in [0.15, 0.2) is 0 Å². The molecule has 96 valence electrons. The molecule has 0 amide bonds. The fraction of sp³-hybridized carbons (Fsp3) is 0.357. The normalized spacial score (nSPS) is 10.7. The quantitative estimate of drug-likeness (QED) is 0.869. The van der Waals surface area contributed by atoms with Gasteiger partial charge in [0.05, 0.1) is 11.8 Å². The molecular weight excluding hydrogens is 226 g/mol. The van der Waals surface area contributed by atoms with E-state index in [2.05, 4.69) is 15.3 Å². The lowest BCUT2D eigenvalue weighted by molar-refractivity contribution is 0.242. The van der Waals surface area contributed by atoms with Crippen molar-refractivity contribution in [2.24, 2.45) is 0 Å². The van der Waals surface area contributed by atoms with Gasteiger partial charge in [-0.05, 0) is 45.0 Å². The van der Waals surface area contributed by atoms with Crippen molar-refractivity contribution in [3.63, 3.8) is 0 Å². The lowest BCUT2D eigenvalue weighted by Gasteiger charge is -2.09. The molecule has 0 atom stereocenters. The maximum Gasteiger partial charge on any atom is 0.200 e. The summed E-state index contributed by atoms with van der Waals surface area (Å²) in [5, 5.41) is 3.00. The molecule has 0 aliphatic carbocycles. The first-order valence-electron chi connectivity index (χ1n) is 6.11. The molecule has 1 aromatic carbocycles. The molecule has 4 nitrogen and oxygen atoms in total. The van der Waals surface area contributed by atoms with Gasteiger partial charge in [0.25, 0.3) is 0 Å². The summed E-state index contributed by atoms with van der Waals surface area (Å²) in [4.78, 5) is 7.67. The second-order valence-electron chi connectivity index (χ2n) is 4.50. The molecule has 18 heavy (non-hydrogen) atoms. The Kier molecular flexibility index (Phi) is 3.55. The van der Waals surface area contributed by atoms with E-state index in [-0.39, 0.29) is 6.10 Å². The van der Waals surface area contributed by atoms with Crippen molar-refractivity contribution >= 4 is 5.95 Å². The fourth-order valence-electron chi connectivity index (χ4n) is 1.82. The first-order valence-corrected chi connectivity index (χ1v) is 6.11. The van der Waals surface area contributed by atoms with E-state index < -0.39 is 0 Å². The smallest absolute Gasteiger partial charge is 0.200 e. The molecule has 0 fully saturated rings. The van der Waals surface area contributed by atoms with Crippen LogP contribution in [0.15, 0.2) is 24.3 Å². The number of nitrogens with one attached hydrogen (secondary N) is 2. The Bertz CT molecular complexity index is 514. The van der Waals surface area contributed by atoms with Crippen LogP contribution in [0.2, 0.25) is 0 Å². The van der Waals surface area contributed by atoms with Gasteiger partial charge in [0, 0.05) is 18.3 Å². The highest BCUT2D eigenvalue weighted by atomic mass is 16.5. The largest absolute Gasteiger partial charge is 0.491 e. The zero-order chi connectivity index (χ0) is 13.1. The van der Waals surface area contributed by atoms with Crippen LogP contribution in [0.25, 0.3) is 11.3 Å². The topological polar surface area (TPSA) is 49.9 Å². The van der Waals surface area contributed by atoms with Crippen molar-refractivity contribution in [3.05, 3.63) is 30.0 Å². The van der Waals surface area contributed by atoms with Crippen LogP contribution in [0, 0.1) is 6.92 Å². The minimum atomic E-state index is 0.193. The Labute approximate surface area is 107 Å². The van der Waals surface area contributed by atoms with Crippen LogP contribution in [-0.4, -0.2) is 23.1 Å². The highest BCUT2D eigenvalue weighted by Gasteiger charge is 2.08. The maximum atomic E-state index is 5.62. The van der Waals surface area contributed by atoms with E-state index in [1.54, 1.807) is 0 Å². The summed E-state index contributed by atoms with van der Waals surface area (Å²) in [6, 6.07) is 8.01. The number of ether oxygens (including phenoxy) is 1. The molecule has 4 heteroatoms. The Balaban J connectivity index is 2.25. The molecular formula is C14H19N3O. The number of anilines is 1. The van der Waals surface area contributed by atoms with Gasteiger partial charge >= 0.3 is 0 Å². The van der Waals surface area contributed by atoms with Gasteiger partial charge in [-0.3, -0.25) is 0 Å². The van der Waals surface area contributed by atoms with Crippen molar-refractivity contribution in [1.82, 2.24) is 9.97 Å². The molecule has 1 heterocycles. The van der Waals surface area contributed by atoms with Crippen LogP contribution in [0.5, 0.6) is 5.75 Å². The number of benzene rings is 1. The second-order valence-corrected chi connectivity index (χ2v) is 4.50. The average Bonchev–Trinajstić information content (AvgIpc) is 2.71. The molecule has 1 aromatic heterocycles. The van der Waals surface area contributed by atoms with E-state index in [0.29, 0.717) is 0 Å². The van der Waals surface area contributed by atoms with E-state index in [9.17, 15) is 0 Å². The summed E-state index contributed by atoms with van der Waals surface area (Å²) in [5.74, 6) is 1.67. The van der Waals surface area contributed by atoms with Crippen LogP contribution < -0.4 is 10.1 Å². The Morgan fingerprint density at radius 1 is 1.22 bits per heavy atom. The number of H-pyrrole nitrogens is 1. The van der Waals surface area contributed by atoms with Crippen LogP contribution in [0.4, 0.5) is 5.95 Å². The van der Waals surface area contributed by atoms with Gasteiger partial charge in [-0.2, -0.15) is 0 Å². The molecule has 0 spiro atoms. The monoisotopic (exact) mass is 245 g/mol. The van der Waals surface area contributed by atoms with Crippen LogP contribution in [0.1, 0.15) is 19.5 Å². The zero-order valence-corrected chi connectivity index (χ0v) is 11.2. The third-order valence-electron chi connectivity index (χ3n) is 2.62. The van der Waals surface area contributed by atoms with Gasteiger partial charge in [0.2, 0.25) is 5.95 Å². The summed E-state index contributed by atoms with van der Waals surface area (Å²) in [6.45, 7) is 6.05. The number of aromatic nitrogens is 2. The van der Waals surface area contributed by atoms with Crippen LogP contribution in [-0.2, 0) is 0 Å². The molecule has 2 aromatic rings. The van der Waals surface area contributed by atoms with Gasteiger partial charge in [0.1, 0.15) is 5.75 Å². The van der Waals surface area contributed by atoms with E-state index in [1.165, 1.54) is 0 Å². The number of rotatable bonds is 4. The first kappa shape index (κ1) is 12.5. The van der Waals surface area contributed by atoms with Gasteiger partial charge in [-0.25, -0.2) is 4.98 Å². The van der Waals surface area contributed by atoms with E-state index in [0.717, 1.165) is 28.6 Å². The first-order chi connectivity index (χ1) is 8.60. The van der Waals surface area contributed by atoms with Crippen molar-refractivity contribution in [1.29, 1.82) is 0 Å². The average molecular weight is 245 g/mol. The van der Waals surface area contributed by atoms with E-state index >= 15 is 0 Å². The second kappa shape index (κ2) is 5.12. The lowest BCUT2D eigenvalue weighted by Crippen LogP contribution is -2.05. The predicted octanol–water partition coefficient (Wildman–Crippen LogP) is 3.21. The number of aromatic amines is 1. The lowest BCUT2D eigenvalue weighted by atomic mass is 10.1. The summed E-state index contributed by atoms with van der Waals surface area (Å²) < 4.78 is 5.62. The van der Waals surface area contributed by atoms with Gasteiger partial charge in [-0.1, -0.05) is 0 Å². The molecule has 0 saturated heterocycles. The van der Waals surface area contributed by atoms with Crippen LogP contribution >= 0.6 is 0 Å². The minimum absolute atomic E-state index is 0.193. The summed E-state index contributed by atoms with van der Waals surface area (Å²) in [7, 11) is 1.85. The number of hydrogen-bond acceptors (Lipinski definition) is 3. The third kappa shape index (κ3) is 2.64.